The zero-order valence-corrected chi connectivity index (χ0v) is 26.6. The normalized spacial score (nSPS) is 31.5. The fourth-order valence-electron chi connectivity index (χ4n) is 6.92. The summed E-state index contributed by atoms with van der Waals surface area (Å²) in [6.07, 6.45) is 4.64. The second-order valence-corrected chi connectivity index (χ2v) is 16.1. The topological polar surface area (TPSA) is 106 Å². The molecule has 3 aliphatic rings. The molecule has 214 valence electrons. The van der Waals surface area contributed by atoms with Crippen LogP contribution in [-0.4, -0.2) is 65.7 Å². The number of aromatic hydroxyl groups is 1. The molecule has 3 aromatic rings. The lowest BCUT2D eigenvalue weighted by Gasteiger charge is -2.57. The predicted octanol–water partition coefficient (Wildman–Crippen LogP) is 4.69. The fraction of sp³-hybridized carbons (Fsp3) is 0.600. The van der Waals surface area contributed by atoms with Crippen LogP contribution in [0.15, 0.2) is 24.4 Å². The Hall–Kier alpha value is -1.42. The lowest BCUT2D eigenvalue weighted by atomic mass is 9.54. The zero-order valence-electron chi connectivity index (χ0n) is 22.1. The van der Waals surface area contributed by atoms with Crippen LogP contribution in [0.5, 0.6) is 5.75 Å². The first kappa shape index (κ1) is 28.7. The number of hydrogen-bond donors (Lipinski definition) is 6. The van der Waals surface area contributed by atoms with Crippen molar-refractivity contribution in [2.24, 2.45) is 17.9 Å². The van der Waals surface area contributed by atoms with E-state index < -0.39 is 30.7 Å². The minimum Gasteiger partial charge on any atom is -0.507 e. The summed E-state index contributed by atoms with van der Waals surface area (Å²) in [6, 6.07) is 4.34. The molecule has 2 aromatic heterocycles. The van der Waals surface area contributed by atoms with Gasteiger partial charge < -0.3 is 10.0 Å². The van der Waals surface area contributed by atoms with Gasteiger partial charge in [-0.25, -0.2) is 9.37 Å². The third-order valence-electron chi connectivity index (χ3n) is 8.94. The third kappa shape index (κ3) is 4.08. The maximum absolute atomic E-state index is 16.6. The second-order valence-electron chi connectivity index (χ2n) is 12.0. The molecule has 2 bridgehead atoms. The molecule has 6 rings (SSSR count). The number of hydrogen-bond acceptors (Lipinski definition) is 13. The highest BCUT2D eigenvalue weighted by Crippen LogP contribution is 2.76. The Balaban J connectivity index is 1.38. The standard InChI is InChI=1S/C25H31FN8OS5/c1-21-7-4-8-22(2,12-21)18(26)15(10-21)34(23(36)24(37,38)25(23,39)40)17-11-27-20(29-28-17)14-6-5-13(9-16(14)35)19-30-32-33(3)31-19/h5-6,9,11,15,18,35-40H,4,7-8,10,12H2,1-3H3/t15-,18-,21-,22-/m0/s1. The Kier molecular flexibility index (Phi) is 6.66. The van der Waals surface area contributed by atoms with Crippen molar-refractivity contribution in [2.75, 3.05) is 4.90 Å². The molecule has 1 aromatic carbocycles. The van der Waals surface area contributed by atoms with Gasteiger partial charge in [0.25, 0.3) is 0 Å². The van der Waals surface area contributed by atoms with Gasteiger partial charge in [0.15, 0.2) is 11.6 Å². The maximum Gasteiger partial charge on any atom is 0.205 e. The van der Waals surface area contributed by atoms with Crippen LogP contribution in [0.1, 0.15) is 46.0 Å². The molecule has 2 heterocycles. The number of halogens is 1. The highest BCUT2D eigenvalue weighted by atomic mass is 32.2. The summed E-state index contributed by atoms with van der Waals surface area (Å²) >= 11 is 24.0. The van der Waals surface area contributed by atoms with Crippen LogP contribution in [0.2, 0.25) is 0 Å². The number of nitrogens with zero attached hydrogens (tertiary/aromatic N) is 8. The van der Waals surface area contributed by atoms with Crippen LogP contribution in [0.25, 0.3) is 22.8 Å². The fourth-order valence-corrected chi connectivity index (χ4v) is 9.68. The first-order valence-corrected chi connectivity index (χ1v) is 15.2. The third-order valence-corrected chi connectivity index (χ3v) is 13.9. The zero-order chi connectivity index (χ0) is 28.9. The first-order chi connectivity index (χ1) is 18.6. The summed E-state index contributed by atoms with van der Waals surface area (Å²) in [4.78, 5) is 6.47. The molecule has 1 N–H and O–H groups in total. The van der Waals surface area contributed by atoms with Gasteiger partial charge in [0, 0.05) is 11.0 Å². The molecule has 0 aliphatic heterocycles. The predicted molar refractivity (Wildman–Crippen MR) is 168 cm³/mol. The Morgan fingerprint density at radius 2 is 1.75 bits per heavy atom. The van der Waals surface area contributed by atoms with Crippen molar-refractivity contribution in [3.8, 4) is 28.5 Å². The van der Waals surface area contributed by atoms with Crippen molar-refractivity contribution < 1.29 is 9.50 Å². The minimum absolute atomic E-state index is 0.0322. The number of benzene rings is 1. The number of phenols is 1. The van der Waals surface area contributed by atoms with Crippen LogP contribution in [0, 0.1) is 10.8 Å². The van der Waals surface area contributed by atoms with E-state index in [9.17, 15) is 5.11 Å². The van der Waals surface area contributed by atoms with Gasteiger partial charge >= 0.3 is 0 Å². The molecular formula is C25H31FN8OS5. The summed E-state index contributed by atoms with van der Waals surface area (Å²) in [5.74, 6) is 0.827. The number of aryl methyl sites for hydroxylation is 1. The molecule has 40 heavy (non-hydrogen) atoms. The van der Waals surface area contributed by atoms with E-state index in [1.54, 1.807) is 24.1 Å². The van der Waals surface area contributed by atoms with Crippen molar-refractivity contribution in [2.45, 2.75) is 71.2 Å². The van der Waals surface area contributed by atoms with Gasteiger partial charge in [0.2, 0.25) is 5.82 Å². The number of anilines is 1. The molecule has 4 atom stereocenters. The largest absolute Gasteiger partial charge is 0.507 e. The summed E-state index contributed by atoms with van der Waals surface area (Å²) in [6.45, 7) is 4.27. The summed E-state index contributed by atoms with van der Waals surface area (Å²) in [5, 5.41) is 31.5. The van der Waals surface area contributed by atoms with E-state index in [1.807, 2.05) is 6.92 Å². The Morgan fingerprint density at radius 3 is 2.33 bits per heavy atom. The van der Waals surface area contributed by atoms with E-state index in [-0.39, 0.29) is 17.0 Å². The molecular weight excluding hydrogens is 608 g/mol. The van der Waals surface area contributed by atoms with E-state index in [1.165, 1.54) is 17.1 Å². The van der Waals surface area contributed by atoms with Gasteiger partial charge in [-0.05, 0) is 48.4 Å². The molecule has 3 aliphatic carbocycles. The molecule has 9 nitrogen and oxygen atoms in total. The smallest absolute Gasteiger partial charge is 0.205 e. The quantitative estimate of drug-likeness (QED) is 0.177. The number of rotatable bonds is 5. The lowest BCUT2D eigenvalue weighted by Crippen LogP contribution is -2.61. The number of fused-ring (bicyclic) bond motifs is 2. The SMILES string of the molecule is Cn1nnc(-c2ccc(-c3ncc(N([C@H]4C[C@]5(C)CCC[C@@](C)(C5)[C@H]4F)C4(S)C(S)(S)C4(S)S)nn3)c(O)c2)n1. The molecule has 15 heteroatoms. The highest BCUT2D eigenvalue weighted by molar-refractivity contribution is 8.13. The van der Waals surface area contributed by atoms with E-state index in [0.717, 1.165) is 25.7 Å². The van der Waals surface area contributed by atoms with Crippen molar-refractivity contribution >= 4 is 69.0 Å². The molecule has 3 fully saturated rings. The van der Waals surface area contributed by atoms with Crippen molar-refractivity contribution in [3.05, 3.63) is 24.4 Å². The monoisotopic (exact) mass is 638 g/mol. The molecule has 0 unspecified atom stereocenters. The van der Waals surface area contributed by atoms with Gasteiger partial charge in [-0.15, -0.1) is 33.0 Å². The van der Waals surface area contributed by atoms with E-state index >= 15 is 4.39 Å². The van der Waals surface area contributed by atoms with Crippen LogP contribution in [-0.2, 0) is 7.05 Å². The van der Waals surface area contributed by atoms with Crippen molar-refractivity contribution in [3.63, 3.8) is 0 Å². The summed E-state index contributed by atoms with van der Waals surface area (Å²) in [7, 11) is 1.66. The van der Waals surface area contributed by atoms with Crippen molar-refractivity contribution in [1.29, 1.82) is 0 Å². The van der Waals surface area contributed by atoms with Crippen LogP contribution in [0.3, 0.4) is 0 Å². The number of aromatic nitrogens is 7. The Morgan fingerprint density at radius 1 is 1.02 bits per heavy atom. The van der Waals surface area contributed by atoms with E-state index in [2.05, 4.69) is 37.5 Å². The second kappa shape index (κ2) is 9.29. The van der Waals surface area contributed by atoms with Gasteiger partial charge in [-0.1, -0.05) is 26.3 Å². The average molecular weight is 639 g/mol. The maximum atomic E-state index is 16.6. The van der Waals surface area contributed by atoms with Gasteiger partial charge in [0.1, 0.15) is 25.0 Å². The number of tetrazole rings is 1. The highest BCUT2D eigenvalue weighted by Gasteiger charge is 2.85. The number of phenolic OH excluding ortho intramolecular Hbond substituents is 1. The molecule has 3 saturated carbocycles. The van der Waals surface area contributed by atoms with Gasteiger partial charge in [0.05, 0.1) is 24.8 Å². The molecule has 0 saturated heterocycles. The van der Waals surface area contributed by atoms with E-state index in [4.69, 9.17) is 63.1 Å². The number of alkyl halides is 1. The minimum atomic E-state index is -1.18. The lowest BCUT2D eigenvalue weighted by molar-refractivity contribution is -0.0558. The Bertz CT molecular complexity index is 1460. The average Bonchev–Trinajstić information content (AvgIpc) is 3.18. The van der Waals surface area contributed by atoms with Crippen LogP contribution < -0.4 is 4.90 Å². The molecule has 0 amide bonds. The van der Waals surface area contributed by atoms with Crippen LogP contribution >= 0.6 is 63.1 Å². The van der Waals surface area contributed by atoms with E-state index in [0.29, 0.717) is 29.2 Å². The molecule has 0 radical (unpaired) electrons. The van der Waals surface area contributed by atoms with Crippen molar-refractivity contribution in [1.82, 2.24) is 35.4 Å². The summed E-state index contributed by atoms with van der Waals surface area (Å²) in [5.41, 5.74) is 0.449. The van der Waals surface area contributed by atoms with Crippen LogP contribution in [0.4, 0.5) is 10.2 Å². The van der Waals surface area contributed by atoms with Gasteiger partial charge in [-0.3, -0.25) is 0 Å². The first-order valence-electron chi connectivity index (χ1n) is 13.0. The Labute approximate surface area is 259 Å². The van der Waals surface area contributed by atoms with Gasteiger partial charge in [-0.2, -0.15) is 55.3 Å². The molecule has 0 spiro atoms. The summed E-state index contributed by atoms with van der Waals surface area (Å²) < 4.78 is 14.4. The number of thiol groups is 5.